The van der Waals surface area contributed by atoms with Gasteiger partial charge in [0.15, 0.2) is 5.82 Å². The molecule has 2 aromatic heterocycles. The molecule has 2 bridgehead atoms. The number of aromatic nitrogens is 4. The molecule has 3 atom stereocenters. The van der Waals surface area contributed by atoms with Crippen molar-refractivity contribution in [1.82, 2.24) is 20.2 Å². The van der Waals surface area contributed by atoms with Crippen molar-refractivity contribution in [3.05, 3.63) is 42.7 Å². The van der Waals surface area contributed by atoms with E-state index in [1.165, 1.54) is 44.9 Å². The molecule has 1 aromatic carbocycles. The third-order valence-corrected chi connectivity index (χ3v) is 7.85. The van der Waals surface area contributed by atoms with Gasteiger partial charge in [0.05, 0.1) is 18.5 Å². The van der Waals surface area contributed by atoms with Gasteiger partial charge in [0.25, 0.3) is 0 Å². The number of phenols is 1. The fourth-order valence-electron chi connectivity index (χ4n) is 6.34. The van der Waals surface area contributed by atoms with E-state index in [0.717, 1.165) is 11.4 Å². The highest BCUT2D eigenvalue weighted by molar-refractivity contribution is 5.73. The molecule has 7 nitrogen and oxygen atoms in total. The molecule has 3 aromatic rings. The molecule has 0 saturated heterocycles. The van der Waals surface area contributed by atoms with E-state index in [9.17, 15) is 5.11 Å². The topological polar surface area (TPSA) is 84.3 Å². The maximum Gasteiger partial charge on any atom is 0.216 e. The van der Waals surface area contributed by atoms with E-state index in [2.05, 4.69) is 46.0 Å². The van der Waals surface area contributed by atoms with Gasteiger partial charge >= 0.3 is 0 Å². The third kappa shape index (κ3) is 4.31. The Morgan fingerprint density at radius 2 is 1.74 bits per heavy atom. The van der Waals surface area contributed by atoms with E-state index < -0.39 is 0 Å². The van der Waals surface area contributed by atoms with Crippen molar-refractivity contribution in [2.75, 3.05) is 19.1 Å². The first-order valence-corrected chi connectivity index (χ1v) is 12.0. The van der Waals surface area contributed by atoms with Crippen molar-refractivity contribution >= 4 is 5.82 Å². The zero-order valence-corrected chi connectivity index (χ0v) is 20.5. The maximum atomic E-state index is 10.7. The van der Waals surface area contributed by atoms with Crippen molar-refractivity contribution in [2.45, 2.75) is 58.4 Å². The quantitative estimate of drug-likeness (QED) is 0.539. The summed E-state index contributed by atoms with van der Waals surface area (Å²) in [5, 5.41) is 19.7. The predicted molar refractivity (Wildman–Crippen MR) is 133 cm³/mol. The molecule has 2 fully saturated rings. The average Bonchev–Trinajstić information content (AvgIpc) is 2.82. The van der Waals surface area contributed by atoms with E-state index in [0.29, 0.717) is 39.7 Å². The summed E-state index contributed by atoms with van der Waals surface area (Å²) in [4.78, 5) is 10.6. The van der Waals surface area contributed by atoms with Gasteiger partial charge in [-0.1, -0.05) is 26.3 Å². The van der Waals surface area contributed by atoms with Crippen molar-refractivity contribution in [2.24, 2.45) is 10.8 Å². The Kier molecular flexibility index (Phi) is 5.66. The van der Waals surface area contributed by atoms with Gasteiger partial charge in [-0.3, -0.25) is 0 Å². The Balaban J connectivity index is 1.35. The van der Waals surface area contributed by atoms with Gasteiger partial charge in [0, 0.05) is 30.3 Å². The zero-order chi connectivity index (χ0) is 23.9. The summed E-state index contributed by atoms with van der Waals surface area (Å²) in [6, 6.07) is 11.6. The normalized spacial score (nSPS) is 26.2. The molecule has 2 aliphatic rings. The van der Waals surface area contributed by atoms with E-state index in [-0.39, 0.29) is 5.75 Å². The Hall–Kier alpha value is -3.22. The Morgan fingerprint density at radius 1 is 0.971 bits per heavy atom. The summed E-state index contributed by atoms with van der Waals surface area (Å²) in [7, 11) is 3.71. The number of rotatable bonds is 5. The second-order valence-corrected chi connectivity index (χ2v) is 10.8. The van der Waals surface area contributed by atoms with Crippen LogP contribution in [0.25, 0.3) is 22.5 Å². The standard InChI is InChI=1S/C27H33N5O2/c1-26-10-5-11-27(2,16-26)15-19(14-26)32(3)24-9-8-21(30-31-24)20-7-6-18(12-23(20)33)22-13-25(34-4)29-17-28-22/h6-9,12-13,17,19,33H,5,10-11,14-16H2,1-4H3/t19-,26-,27+. The lowest BCUT2D eigenvalue weighted by Gasteiger charge is -2.54. The highest BCUT2D eigenvalue weighted by Crippen LogP contribution is 2.56. The van der Waals surface area contributed by atoms with Crippen LogP contribution < -0.4 is 9.64 Å². The van der Waals surface area contributed by atoms with Gasteiger partial charge in [0.1, 0.15) is 12.1 Å². The van der Waals surface area contributed by atoms with Crippen molar-refractivity contribution in [1.29, 1.82) is 0 Å². The van der Waals surface area contributed by atoms with E-state index in [4.69, 9.17) is 4.74 Å². The first-order chi connectivity index (χ1) is 16.3. The second-order valence-electron chi connectivity index (χ2n) is 10.8. The minimum atomic E-state index is 0.131. The molecule has 7 heteroatoms. The number of aromatic hydroxyl groups is 1. The second kappa shape index (κ2) is 8.53. The Labute approximate surface area is 201 Å². The minimum Gasteiger partial charge on any atom is -0.507 e. The lowest BCUT2D eigenvalue weighted by atomic mass is 9.55. The summed E-state index contributed by atoms with van der Waals surface area (Å²) in [6.45, 7) is 4.92. The van der Waals surface area contributed by atoms with Crippen LogP contribution in [0.4, 0.5) is 5.82 Å². The molecule has 0 aliphatic heterocycles. The van der Waals surface area contributed by atoms with Gasteiger partial charge in [0.2, 0.25) is 5.88 Å². The molecule has 34 heavy (non-hydrogen) atoms. The number of phenolic OH excluding ortho intramolecular Hbond substituents is 1. The minimum absolute atomic E-state index is 0.131. The monoisotopic (exact) mass is 459 g/mol. The fourth-order valence-corrected chi connectivity index (χ4v) is 6.34. The molecular weight excluding hydrogens is 426 g/mol. The predicted octanol–water partition coefficient (Wildman–Crippen LogP) is 5.50. The van der Waals surface area contributed by atoms with Crippen molar-refractivity contribution in [3.63, 3.8) is 0 Å². The number of nitrogens with zero attached hydrogens (tertiary/aromatic N) is 5. The number of fused-ring (bicyclic) bond motifs is 2. The number of hydrogen-bond donors (Lipinski definition) is 1. The molecule has 5 rings (SSSR count). The number of anilines is 1. The van der Waals surface area contributed by atoms with Crippen LogP contribution in [0.15, 0.2) is 42.7 Å². The number of methoxy groups -OCH3 is 1. The zero-order valence-electron chi connectivity index (χ0n) is 20.5. The van der Waals surface area contributed by atoms with E-state index >= 15 is 0 Å². The highest BCUT2D eigenvalue weighted by atomic mass is 16.5. The Morgan fingerprint density at radius 3 is 2.38 bits per heavy atom. The Bertz CT molecular complexity index is 1170. The summed E-state index contributed by atoms with van der Waals surface area (Å²) in [5.74, 6) is 1.49. The average molecular weight is 460 g/mol. The third-order valence-electron chi connectivity index (χ3n) is 7.85. The molecule has 0 unspecified atom stereocenters. The van der Waals surface area contributed by atoms with Crippen LogP contribution in [0.3, 0.4) is 0 Å². The van der Waals surface area contributed by atoms with E-state index in [1.807, 2.05) is 24.3 Å². The van der Waals surface area contributed by atoms with Gasteiger partial charge in [-0.15, -0.1) is 10.2 Å². The van der Waals surface area contributed by atoms with Crippen LogP contribution in [0.1, 0.15) is 52.4 Å². The van der Waals surface area contributed by atoms with Gasteiger partial charge in [-0.25, -0.2) is 9.97 Å². The lowest BCUT2D eigenvalue weighted by Crippen LogP contribution is -2.49. The molecule has 2 saturated carbocycles. The van der Waals surface area contributed by atoms with Gasteiger partial charge in [-0.2, -0.15) is 0 Å². The van der Waals surface area contributed by atoms with Crippen LogP contribution >= 0.6 is 0 Å². The van der Waals surface area contributed by atoms with E-state index in [1.54, 1.807) is 19.2 Å². The first-order valence-electron chi connectivity index (χ1n) is 12.0. The van der Waals surface area contributed by atoms with Crippen LogP contribution in [0.2, 0.25) is 0 Å². The molecule has 2 heterocycles. The SMILES string of the molecule is COc1cc(-c2ccc(-c3ccc(N(C)[C@H]4C[C@]5(C)CCC[C@](C)(C4)C5)nn3)c(O)c2)ncn1. The molecule has 2 aliphatic carbocycles. The summed E-state index contributed by atoms with van der Waals surface area (Å²) < 4.78 is 5.17. The van der Waals surface area contributed by atoms with Crippen LogP contribution in [-0.4, -0.2) is 45.5 Å². The van der Waals surface area contributed by atoms with Crippen LogP contribution in [0.5, 0.6) is 11.6 Å². The molecule has 0 spiro atoms. The highest BCUT2D eigenvalue weighted by Gasteiger charge is 2.47. The van der Waals surface area contributed by atoms with Gasteiger partial charge in [-0.05, 0) is 67.2 Å². The number of hydrogen-bond acceptors (Lipinski definition) is 7. The molecule has 1 N–H and O–H groups in total. The number of ether oxygens (including phenoxy) is 1. The largest absolute Gasteiger partial charge is 0.507 e. The molecule has 0 radical (unpaired) electrons. The summed E-state index contributed by atoms with van der Waals surface area (Å²) >= 11 is 0. The molecule has 178 valence electrons. The first kappa shape index (κ1) is 22.6. The smallest absolute Gasteiger partial charge is 0.216 e. The van der Waals surface area contributed by atoms with Crippen LogP contribution in [0, 0.1) is 10.8 Å². The molecule has 0 amide bonds. The fraction of sp³-hybridized carbons (Fsp3) is 0.481. The van der Waals surface area contributed by atoms with Crippen LogP contribution in [-0.2, 0) is 0 Å². The number of benzene rings is 1. The van der Waals surface area contributed by atoms with Crippen molar-refractivity contribution < 1.29 is 9.84 Å². The summed E-state index contributed by atoms with van der Waals surface area (Å²) in [5.41, 5.74) is 3.59. The lowest BCUT2D eigenvalue weighted by molar-refractivity contribution is 0.0141. The summed E-state index contributed by atoms with van der Waals surface area (Å²) in [6.07, 6.45) is 9.21. The maximum absolute atomic E-state index is 10.7. The van der Waals surface area contributed by atoms with Gasteiger partial charge < -0.3 is 14.7 Å². The molecular formula is C27H33N5O2. The van der Waals surface area contributed by atoms with Crippen molar-refractivity contribution in [3.8, 4) is 34.1 Å².